The predicted molar refractivity (Wildman–Crippen MR) is 65.5 cm³/mol. The molecule has 6 heteroatoms. The number of halogens is 1. The van der Waals surface area contributed by atoms with E-state index in [0.717, 1.165) is 5.56 Å². The van der Waals surface area contributed by atoms with Crippen LogP contribution in [0.5, 0.6) is 0 Å². The van der Waals surface area contributed by atoms with Crippen molar-refractivity contribution in [1.29, 1.82) is 0 Å². The first kappa shape index (κ1) is 11.9. The minimum Gasteiger partial charge on any atom is -0.398 e. The van der Waals surface area contributed by atoms with Crippen molar-refractivity contribution in [2.75, 3.05) is 5.73 Å². The normalized spacial score (nSPS) is 12.6. The van der Waals surface area contributed by atoms with Crippen molar-refractivity contribution in [1.82, 2.24) is 14.5 Å². The molecule has 0 aliphatic carbocycles. The van der Waals surface area contributed by atoms with Gasteiger partial charge in [-0.3, -0.25) is 4.98 Å². The Hall–Kier alpha value is -1.59. The van der Waals surface area contributed by atoms with Crippen molar-refractivity contribution < 1.29 is 5.11 Å². The van der Waals surface area contributed by atoms with E-state index in [1.54, 1.807) is 30.1 Å². The summed E-state index contributed by atoms with van der Waals surface area (Å²) >= 11 is 5.86. The standard InChI is InChI=1S/C11H13ClN4O/c1-16-10(12)6-15-11(16)9(17)4-7-5-14-3-2-8(7)13/h2-3,5-6,9,17H,4H2,1H3,(H2,13,14). The van der Waals surface area contributed by atoms with Gasteiger partial charge in [-0.25, -0.2) is 4.98 Å². The first-order valence-electron chi connectivity index (χ1n) is 5.13. The van der Waals surface area contributed by atoms with Crippen LogP contribution in [0, 0.1) is 0 Å². The summed E-state index contributed by atoms with van der Waals surface area (Å²) in [4.78, 5) is 8.04. The van der Waals surface area contributed by atoms with Gasteiger partial charge in [0.1, 0.15) is 17.1 Å². The lowest BCUT2D eigenvalue weighted by Gasteiger charge is -2.12. The lowest BCUT2D eigenvalue weighted by molar-refractivity contribution is 0.165. The minimum absolute atomic E-state index is 0.362. The average molecular weight is 253 g/mol. The molecule has 17 heavy (non-hydrogen) atoms. The third kappa shape index (κ3) is 2.40. The quantitative estimate of drug-likeness (QED) is 0.864. The Balaban J connectivity index is 2.20. The highest BCUT2D eigenvalue weighted by Crippen LogP contribution is 2.21. The van der Waals surface area contributed by atoms with Gasteiger partial charge in [0, 0.05) is 31.5 Å². The number of anilines is 1. The SMILES string of the molecule is Cn1c(Cl)cnc1C(O)Cc1cnccc1N. The van der Waals surface area contributed by atoms with Crippen LogP contribution in [0.3, 0.4) is 0 Å². The zero-order chi connectivity index (χ0) is 12.4. The molecule has 0 aliphatic rings. The molecule has 5 nitrogen and oxygen atoms in total. The average Bonchev–Trinajstić information content (AvgIpc) is 2.63. The lowest BCUT2D eigenvalue weighted by atomic mass is 10.1. The summed E-state index contributed by atoms with van der Waals surface area (Å²) in [5, 5.41) is 10.6. The summed E-state index contributed by atoms with van der Waals surface area (Å²) in [6.07, 6.45) is 4.37. The number of hydrogen-bond acceptors (Lipinski definition) is 4. The van der Waals surface area contributed by atoms with Crippen molar-refractivity contribution in [3.8, 4) is 0 Å². The first-order chi connectivity index (χ1) is 8.09. The smallest absolute Gasteiger partial charge is 0.138 e. The monoisotopic (exact) mass is 252 g/mol. The molecule has 2 aromatic rings. The van der Waals surface area contributed by atoms with Gasteiger partial charge in [0.15, 0.2) is 0 Å². The van der Waals surface area contributed by atoms with Crippen LogP contribution < -0.4 is 5.73 Å². The van der Waals surface area contributed by atoms with E-state index in [1.165, 1.54) is 6.20 Å². The molecule has 0 spiro atoms. The molecule has 0 aliphatic heterocycles. The van der Waals surface area contributed by atoms with Crippen LogP contribution in [0.1, 0.15) is 17.5 Å². The molecule has 0 saturated heterocycles. The molecule has 2 aromatic heterocycles. The summed E-state index contributed by atoms with van der Waals surface area (Å²) < 4.78 is 1.64. The van der Waals surface area contributed by atoms with Crippen LogP contribution in [0.15, 0.2) is 24.7 Å². The van der Waals surface area contributed by atoms with E-state index in [0.29, 0.717) is 23.1 Å². The Labute approximate surface area is 104 Å². The molecule has 1 unspecified atom stereocenters. The first-order valence-corrected chi connectivity index (χ1v) is 5.51. The number of nitrogens with two attached hydrogens (primary N) is 1. The van der Waals surface area contributed by atoms with Gasteiger partial charge < -0.3 is 15.4 Å². The van der Waals surface area contributed by atoms with Gasteiger partial charge >= 0.3 is 0 Å². The van der Waals surface area contributed by atoms with Crippen molar-refractivity contribution in [3.63, 3.8) is 0 Å². The van der Waals surface area contributed by atoms with Crippen molar-refractivity contribution in [3.05, 3.63) is 41.2 Å². The number of imidazole rings is 1. The molecule has 0 aromatic carbocycles. The van der Waals surface area contributed by atoms with Gasteiger partial charge in [0.25, 0.3) is 0 Å². The number of rotatable bonds is 3. The van der Waals surface area contributed by atoms with Crippen LogP contribution in [-0.4, -0.2) is 19.6 Å². The fourth-order valence-electron chi connectivity index (χ4n) is 1.62. The van der Waals surface area contributed by atoms with Gasteiger partial charge in [-0.05, 0) is 11.6 Å². The van der Waals surface area contributed by atoms with Gasteiger partial charge in [0.05, 0.1) is 6.20 Å². The van der Waals surface area contributed by atoms with Crippen molar-refractivity contribution in [2.45, 2.75) is 12.5 Å². The fourth-order valence-corrected chi connectivity index (χ4v) is 1.76. The molecule has 0 bridgehead atoms. The highest BCUT2D eigenvalue weighted by molar-refractivity contribution is 6.29. The van der Waals surface area contributed by atoms with Gasteiger partial charge in [0.2, 0.25) is 0 Å². The second kappa shape index (κ2) is 4.73. The lowest BCUT2D eigenvalue weighted by Crippen LogP contribution is -2.10. The maximum atomic E-state index is 10.1. The summed E-state index contributed by atoms with van der Waals surface area (Å²) in [6, 6.07) is 1.70. The molecule has 0 amide bonds. The Morgan fingerprint density at radius 3 is 2.88 bits per heavy atom. The third-order valence-corrected chi connectivity index (χ3v) is 2.97. The van der Waals surface area contributed by atoms with Crippen LogP contribution in [0.25, 0.3) is 0 Å². The second-order valence-electron chi connectivity index (χ2n) is 3.79. The number of pyridine rings is 1. The van der Waals surface area contributed by atoms with Crippen LogP contribution in [-0.2, 0) is 13.5 Å². The zero-order valence-electron chi connectivity index (χ0n) is 9.34. The molecule has 0 saturated carbocycles. The predicted octanol–water partition coefficient (Wildman–Crippen LogP) is 1.33. The number of nitrogen functional groups attached to an aromatic ring is 1. The third-order valence-electron chi connectivity index (χ3n) is 2.62. The Bertz CT molecular complexity index is 526. The van der Waals surface area contributed by atoms with E-state index < -0.39 is 6.10 Å². The molecule has 3 N–H and O–H groups in total. The molecule has 90 valence electrons. The Morgan fingerprint density at radius 1 is 1.53 bits per heavy atom. The van der Waals surface area contributed by atoms with Gasteiger partial charge in [-0.2, -0.15) is 0 Å². The highest BCUT2D eigenvalue weighted by Gasteiger charge is 2.16. The number of nitrogens with zero attached hydrogens (tertiary/aromatic N) is 3. The number of hydrogen-bond donors (Lipinski definition) is 2. The molecular formula is C11H13ClN4O. The number of aliphatic hydroxyl groups is 1. The zero-order valence-corrected chi connectivity index (χ0v) is 10.1. The van der Waals surface area contributed by atoms with Crippen LogP contribution >= 0.6 is 11.6 Å². The van der Waals surface area contributed by atoms with E-state index >= 15 is 0 Å². The minimum atomic E-state index is -0.751. The highest BCUT2D eigenvalue weighted by atomic mass is 35.5. The molecule has 0 fully saturated rings. The second-order valence-corrected chi connectivity index (χ2v) is 4.18. The van der Waals surface area contributed by atoms with Crippen molar-refractivity contribution >= 4 is 17.3 Å². The maximum absolute atomic E-state index is 10.1. The van der Waals surface area contributed by atoms with E-state index in [4.69, 9.17) is 17.3 Å². The molecule has 2 rings (SSSR count). The Morgan fingerprint density at radius 2 is 2.29 bits per heavy atom. The van der Waals surface area contributed by atoms with E-state index in [-0.39, 0.29) is 0 Å². The summed E-state index contributed by atoms with van der Waals surface area (Å²) in [5.41, 5.74) is 7.19. The molecular weight excluding hydrogens is 240 g/mol. The summed E-state index contributed by atoms with van der Waals surface area (Å²) in [5.74, 6) is 0.512. The molecule has 2 heterocycles. The van der Waals surface area contributed by atoms with E-state index in [2.05, 4.69) is 9.97 Å². The summed E-state index contributed by atoms with van der Waals surface area (Å²) in [7, 11) is 1.75. The van der Waals surface area contributed by atoms with Crippen molar-refractivity contribution in [2.24, 2.45) is 7.05 Å². The Kier molecular flexibility index (Phi) is 3.31. The topological polar surface area (TPSA) is 77.0 Å². The van der Waals surface area contributed by atoms with Gasteiger partial charge in [-0.15, -0.1) is 0 Å². The summed E-state index contributed by atoms with van der Waals surface area (Å²) in [6.45, 7) is 0. The van der Waals surface area contributed by atoms with Crippen LogP contribution in [0.4, 0.5) is 5.69 Å². The van der Waals surface area contributed by atoms with E-state index in [9.17, 15) is 5.11 Å². The van der Waals surface area contributed by atoms with Crippen LogP contribution in [0.2, 0.25) is 5.15 Å². The van der Waals surface area contributed by atoms with Gasteiger partial charge in [-0.1, -0.05) is 11.6 Å². The maximum Gasteiger partial charge on any atom is 0.138 e. The van der Waals surface area contributed by atoms with E-state index in [1.807, 2.05) is 0 Å². The number of aromatic nitrogens is 3. The number of aliphatic hydroxyl groups excluding tert-OH is 1. The molecule has 0 radical (unpaired) electrons. The molecule has 1 atom stereocenters. The largest absolute Gasteiger partial charge is 0.398 e. The fraction of sp³-hybridized carbons (Fsp3) is 0.273.